The monoisotopic (exact) mass is 347 g/mol. The molecule has 1 unspecified atom stereocenters. The Hall–Kier alpha value is -1.15. The van der Waals surface area contributed by atoms with Gasteiger partial charge in [-0.15, -0.1) is 12.4 Å². The summed E-state index contributed by atoms with van der Waals surface area (Å²) in [4.78, 5) is 12.2. The molecular weight excluding hydrogens is 326 g/mol. The van der Waals surface area contributed by atoms with Gasteiger partial charge in [-0.2, -0.15) is 0 Å². The summed E-state index contributed by atoms with van der Waals surface area (Å²) in [5.74, 6) is -0.0491. The van der Waals surface area contributed by atoms with Crippen molar-refractivity contribution in [3.63, 3.8) is 0 Å². The summed E-state index contributed by atoms with van der Waals surface area (Å²) in [6.45, 7) is 5.08. The molecule has 1 amide bonds. The first-order valence-electron chi connectivity index (χ1n) is 7.02. The molecule has 0 saturated carbocycles. The smallest absolute Gasteiger partial charge is 0.240 e. The van der Waals surface area contributed by atoms with Gasteiger partial charge in [-0.05, 0) is 51.1 Å². The standard InChI is InChI=1S/C14H21N3O3S.ClH/c1-10(2)17-21(19,20)13-5-3-12(4-6-13)16-14(18)11-7-8-15-9-11;/h3-6,10-11,15,17H,7-9H2,1-2H3,(H,16,18);1H. The fourth-order valence-corrected chi connectivity index (χ4v) is 3.47. The summed E-state index contributed by atoms with van der Waals surface area (Å²) < 4.78 is 26.5. The predicted molar refractivity (Wildman–Crippen MR) is 88.8 cm³/mol. The summed E-state index contributed by atoms with van der Waals surface area (Å²) in [7, 11) is -3.49. The SMILES string of the molecule is CC(C)NS(=O)(=O)c1ccc(NC(=O)C2CCNC2)cc1.Cl. The molecule has 3 N–H and O–H groups in total. The maximum atomic E-state index is 12.0. The molecule has 0 aliphatic carbocycles. The molecule has 0 radical (unpaired) electrons. The van der Waals surface area contributed by atoms with Crippen LogP contribution < -0.4 is 15.4 Å². The molecule has 1 aliphatic heterocycles. The van der Waals surface area contributed by atoms with Crippen molar-refractivity contribution in [3.05, 3.63) is 24.3 Å². The van der Waals surface area contributed by atoms with Crippen LogP contribution in [-0.4, -0.2) is 33.5 Å². The first-order chi connectivity index (χ1) is 9.88. The van der Waals surface area contributed by atoms with E-state index < -0.39 is 10.0 Å². The van der Waals surface area contributed by atoms with Crippen molar-refractivity contribution in [2.75, 3.05) is 18.4 Å². The van der Waals surface area contributed by atoms with Crippen molar-refractivity contribution < 1.29 is 13.2 Å². The largest absolute Gasteiger partial charge is 0.326 e. The Morgan fingerprint density at radius 3 is 2.41 bits per heavy atom. The fourth-order valence-electron chi connectivity index (χ4n) is 2.22. The lowest BCUT2D eigenvalue weighted by atomic mass is 10.1. The van der Waals surface area contributed by atoms with E-state index in [2.05, 4.69) is 15.4 Å². The molecule has 1 aromatic carbocycles. The first kappa shape index (κ1) is 18.9. The number of amides is 1. The van der Waals surface area contributed by atoms with E-state index in [1.54, 1.807) is 26.0 Å². The minimum Gasteiger partial charge on any atom is -0.326 e. The summed E-state index contributed by atoms with van der Waals surface area (Å²) >= 11 is 0. The van der Waals surface area contributed by atoms with E-state index in [1.807, 2.05) is 0 Å². The van der Waals surface area contributed by atoms with Crippen molar-refractivity contribution in [1.82, 2.24) is 10.0 Å². The quantitative estimate of drug-likeness (QED) is 0.750. The normalized spacial score (nSPS) is 18.0. The van der Waals surface area contributed by atoms with Crippen LogP contribution in [0.5, 0.6) is 0 Å². The number of nitrogens with one attached hydrogen (secondary N) is 3. The Morgan fingerprint density at radius 2 is 1.91 bits per heavy atom. The third-order valence-electron chi connectivity index (χ3n) is 3.25. The molecule has 1 fully saturated rings. The van der Waals surface area contributed by atoms with Crippen LogP contribution in [0.15, 0.2) is 29.2 Å². The fraction of sp³-hybridized carbons (Fsp3) is 0.500. The van der Waals surface area contributed by atoms with E-state index in [1.165, 1.54) is 12.1 Å². The average Bonchev–Trinajstić information content (AvgIpc) is 2.91. The first-order valence-corrected chi connectivity index (χ1v) is 8.51. The zero-order chi connectivity index (χ0) is 15.5. The summed E-state index contributed by atoms with van der Waals surface area (Å²) in [6, 6.07) is 6.04. The van der Waals surface area contributed by atoms with Gasteiger partial charge in [-0.3, -0.25) is 4.79 Å². The molecule has 1 aliphatic rings. The molecule has 8 heteroatoms. The highest BCUT2D eigenvalue weighted by atomic mass is 35.5. The maximum Gasteiger partial charge on any atom is 0.240 e. The molecule has 1 heterocycles. The Kier molecular flexibility index (Phi) is 6.80. The second-order valence-electron chi connectivity index (χ2n) is 5.48. The average molecular weight is 348 g/mol. The number of carbonyl (C=O) groups is 1. The second-order valence-corrected chi connectivity index (χ2v) is 7.19. The van der Waals surface area contributed by atoms with Gasteiger partial charge in [0.2, 0.25) is 15.9 Å². The molecule has 0 aromatic heterocycles. The van der Waals surface area contributed by atoms with E-state index in [4.69, 9.17) is 0 Å². The number of hydrogen-bond donors (Lipinski definition) is 3. The Bertz CT molecular complexity index is 596. The van der Waals surface area contributed by atoms with Crippen LogP contribution in [0.1, 0.15) is 20.3 Å². The summed E-state index contributed by atoms with van der Waals surface area (Å²) in [6.07, 6.45) is 0.830. The topological polar surface area (TPSA) is 87.3 Å². The van der Waals surface area contributed by atoms with Gasteiger partial charge in [0.25, 0.3) is 0 Å². The van der Waals surface area contributed by atoms with Crippen LogP contribution in [0, 0.1) is 5.92 Å². The molecule has 1 saturated heterocycles. The van der Waals surface area contributed by atoms with Gasteiger partial charge in [0.1, 0.15) is 0 Å². The van der Waals surface area contributed by atoms with Gasteiger partial charge in [0, 0.05) is 18.3 Å². The molecule has 0 spiro atoms. The van der Waals surface area contributed by atoms with Crippen molar-refractivity contribution in [2.24, 2.45) is 5.92 Å². The number of rotatable bonds is 5. The van der Waals surface area contributed by atoms with Crippen LogP contribution in [0.25, 0.3) is 0 Å². The van der Waals surface area contributed by atoms with Gasteiger partial charge >= 0.3 is 0 Å². The number of halogens is 1. The number of benzene rings is 1. The van der Waals surface area contributed by atoms with Gasteiger partial charge < -0.3 is 10.6 Å². The zero-order valence-corrected chi connectivity index (χ0v) is 14.3. The number of sulfonamides is 1. The van der Waals surface area contributed by atoms with Gasteiger partial charge in [-0.25, -0.2) is 13.1 Å². The Balaban J connectivity index is 0.00000242. The molecular formula is C14H22ClN3O3S. The number of anilines is 1. The Morgan fingerprint density at radius 1 is 1.27 bits per heavy atom. The lowest BCUT2D eigenvalue weighted by molar-refractivity contribution is -0.119. The van der Waals surface area contributed by atoms with Crippen LogP contribution >= 0.6 is 12.4 Å². The molecule has 1 atom stereocenters. The highest BCUT2D eigenvalue weighted by Gasteiger charge is 2.22. The number of hydrogen-bond acceptors (Lipinski definition) is 4. The van der Waals surface area contributed by atoms with Gasteiger partial charge in [-0.1, -0.05) is 0 Å². The Labute approximate surface area is 137 Å². The van der Waals surface area contributed by atoms with E-state index in [0.29, 0.717) is 12.2 Å². The van der Waals surface area contributed by atoms with E-state index in [9.17, 15) is 13.2 Å². The molecule has 22 heavy (non-hydrogen) atoms. The second kappa shape index (κ2) is 7.92. The molecule has 124 valence electrons. The highest BCUT2D eigenvalue weighted by Crippen LogP contribution is 2.16. The van der Waals surface area contributed by atoms with Crippen LogP contribution in [0.4, 0.5) is 5.69 Å². The van der Waals surface area contributed by atoms with Crippen LogP contribution in [0.2, 0.25) is 0 Å². The van der Waals surface area contributed by atoms with Crippen LogP contribution in [0.3, 0.4) is 0 Å². The third-order valence-corrected chi connectivity index (χ3v) is 4.93. The molecule has 2 rings (SSSR count). The van der Waals surface area contributed by atoms with E-state index in [0.717, 1.165) is 13.0 Å². The van der Waals surface area contributed by atoms with Crippen molar-refractivity contribution in [1.29, 1.82) is 0 Å². The number of carbonyl (C=O) groups excluding carboxylic acids is 1. The minimum atomic E-state index is -3.49. The van der Waals surface area contributed by atoms with Crippen molar-refractivity contribution >= 4 is 34.0 Å². The lowest BCUT2D eigenvalue weighted by Crippen LogP contribution is -2.30. The van der Waals surface area contributed by atoms with E-state index >= 15 is 0 Å². The van der Waals surface area contributed by atoms with Gasteiger partial charge in [0.15, 0.2) is 0 Å². The van der Waals surface area contributed by atoms with Crippen LogP contribution in [-0.2, 0) is 14.8 Å². The molecule has 0 bridgehead atoms. The highest BCUT2D eigenvalue weighted by molar-refractivity contribution is 7.89. The maximum absolute atomic E-state index is 12.0. The predicted octanol–water partition coefficient (Wildman–Crippen LogP) is 1.34. The lowest BCUT2D eigenvalue weighted by Gasteiger charge is -2.12. The van der Waals surface area contributed by atoms with Gasteiger partial charge in [0.05, 0.1) is 10.8 Å². The zero-order valence-electron chi connectivity index (χ0n) is 12.6. The molecule has 6 nitrogen and oxygen atoms in total. The van der Waals surface area contributed by atoms with Crippen molar-refractivity contribution in [3.8, 4) is 0 Å². The third kappa shape index (κ3) is 4.95. The summed E-state index contributed by atoms with van der Waals surface area (Å²) in [5.41, 5.74) is 0.607. The van der Waals surface area contributed by atoms with E-state index in [-0.39, 0.29) is 35.2 Å². The van der Waals surface area contributed by atoms with Crippen molar-refractivity contribution in [2.45, 2.75) is 31.2 Å². The summed E-state index contributed by atoms with van der Waals surface area (Å²) in [5, 5.41) is 5.95. The minimum absolute atomic E-state index is 0. The molecule has 1 aromatic rings.